The smallest absolute Gasteiger partial charge is 0.264 e. The summed E-state index contributed by atoms with van der Waals surface area (Å²) in [7, 11) is 3.46. The van der Waals surface area contributed by atoms with Gasteiger partial charge in [0.15, 0.2) is 5.65 Å². The fourth-order valence-corrected chi connectivity index (χ4v) is 3.43. The van der Waals surface area contributed by atoms with Crippen LogP contribution in [0.2, 0.25) is 0 Å². The molecule has 0 fully saturated rings. The maximum Gasteiger partial charge on any atom is 0.264 e. The number of hydrogen-bond donors (Lipinski definition) is 0. The van der Waals surface area contributed by atoms with E-state index in [4.69, 9.17) is 0 Å². The highest BCUT2D eigenvalue weighted by Gasteiger charge is 2.22. The molecule has 1 amide bonds. The first-order valence-corrected chi connectivity index (χ1v) is 9.34. The van der Waals surface area contributed by atoms with E-state index in [1.54, 1.807) is 41.5 Å². The molecule has 8 nitrogen and oxygen atoms in total. The quantitative estimate of drug-likeness (QED) is 0.603. The zero-order valence-corrected chi connectivity index (χ0v) is 16.9. The molecule has 29 heavy (non-hydrogen) atoms. The molecule has 0 radical (unpaired) electrons. The molecular formula is C19H24F2N6O2. The van der Waals surface area contributed by atoms with Crippen molar-refractivity contribution >= 4 is 16.9 Å². The highest BCUT2D eigenvalue weighted by atomic mass is 19.3. The second-order valence-corrected chi connectivity index (χ2v) is 6.94. The second-order valence-electron chi connectivity index (χ2n) is 6.94. The summed E-state index contributed by atoms with van der Waals surface area (Å²) in [6.45, 7) is 4.48. The Bertz CT molecular complexity index is 1100. The summed E-state index contributed by atoms with van der Waals surface area (Å²) in [6, 6.07) is 2.77. The van der Waals surface area contributed by atoms with Crippen LogP contribution in [0.3, 0.4) is 0 Å². The van der Waals surface area contributed by atoms with Gasteiger partial charge in [0, 0.05) is 62.5 Å². The molecule has 3 aromatic heterocycles. The minimum absolute atomic E-state index is 0.0510. The molecule has 3 aromatic rings. The summed E-state index contributed by atoms with van der Waals surface area (Å²) < 4.78 is 31.5. The third kappa shape index (κ3) is 3.92. The van der Waals surface area contributed by atoms with Crippen LogP contribution in [0.25, 0.3) is 11.0 Å². The Hall–Kier alpha value is -3.04. The number of alkyl halides is 2. The number of aryl methyl sites for hydroxylation is 4. The average molecular weight is 406 g/mol. The number of halogens is 2. The SMILES string of the molecule is CCn1nc2c(c(C(F)F)cc(=O)n2CCC(=O)N(C)Cc2ccnn2C)c1C. The summed E-state index contributed by atoms with van der Waals surface area (Å²) >= 11 is 0. The summed E-state index contributed by atoms with van der Waals surface area (Å²) in [5.74, 6) is -0.171. The molecule has 0 bridgehead atoms. The summed E-state index contributed by atoms with van der Waals surface area (Å²) in [5.41, 5.74) is 0.730. The summed E-state index contributed by atoms with van der Waals surface area (Å²) in [6.07, 6.45) is -1.07. The van der Waals surface area contributed by atoms with Gasteiger partial charge in [0.1, 0.15) is 0 Å². The van der Waals surface area contributed by atoms with E-state index >= 15 is 0 Å². The van der Waals surface area contributed by atoms with Crippen LogP contribution in [0.4, 0.5) is 8.78 Å². The Kier molecular flexibility index (Phi) is 5.81. The molecule has 0 saturated carbocycles. The van der Waals surface area contributed by atoms with Crippen molar-refractivity contribution in [1.29, 1.82) is 0 Å². The number of hydrogen-bond acceptors (Lipinski definition) is 4. The molecule has 3 heterocycles. The molecule has 156 valence electrons. The van der Waals surface area contributed by atoms with Gasteiger partial charge in [0.25, 0.3) is 12.0 Å². The molecule has 0 saturated heterocycles. The minimum atomic E-state index is -2.78. The van der Waals surface area contributed by atoms with E-state index in [0.29, 0.717) is 18.8 Å². The molecule has 0 aliphatic carbocycles. The van der Waals surface area contributed by atoms with Crippen LogP contribution in [0, 0.1) is 6.92 Å². The minimum Gasteiger partial charge on any atom is -0.340 e. The van der Waals surface area contributed by atoms with Crippen molar-refractivity contribution in [2.75, 3.05) is 7.05 Å². The normalized spacial score (nSPS) is 11.6. The van der Waals surface area contributed by atoms with Crippen LogP contribution in [0.15, 0.2) is 23.1 Å². The Morgan fingerprint density at radius 2 is 2.07 bits per heavy atom. The van der Waals surface area contributed by atoms with Crippen LogP contribution in [0.1, 0.15) is 36.7 Å². The third-order valence-electron chi connectivity index (χ3n) is 5.11. The molecule has 0 unspecified atom stereocenters. The molecule has 0 N–H and O–H groups in total. The molecular weight excluding hydrogens is 382 g/mol. The maximum atomic E-state index is 13.5. The standard InChI is InChI=1S/C19H24F2N6O2/c1-5-27-12(2)17-14(18(20)21)10-16(29)26(19(17)23-27)9-7-15(28)24(3)11-13-6-8-22-25(13)4/h6,8,10,18H,5,7,9,11H2,1-4H3. The van der Waals surface area contributed by atoms with Crippen molar-refractivity contribution in [2.24, 2.45) is 7.05 Å². The van der Waals surface area contributed by atoms with E-state index < -0.39 is 12.0 Å². The van der Waals surface area contributed by atoms with Gasteiger partial charge in [-0.15, -0.1) is 0 Å². The number of rotatable bonds is 7. The number of carbonyl (C=O) groups is 1. The van der Waals surface area contributed by atoms with E-state index in [1.807, 2.05) is 13.0 Å². The predicted molar refractivity (Wildman–Crippen MR) is 104 cm³/mol. The van der Waals surface area contributed by atoms with E-state index in [0.717, 1.165) is 11.8 Å². The van der Waals surface area contributed by atoms with Gasteiger partial charge in [-0.2, -0.15) is 10.2 Å². The number of pyridine rings is 1. The monoisotopic (exact) mass is 406 g/mol. The van der Waals surface area contributed by atoms with E-state index in [2.05, 4.69) is 10.2 Å². The second kappa shape index (κ2) is 8.14. The lowest BCUT2D eigenvalue weighted by molar-refractivity contribution is -0.130. The van der Waals surface area contributed by atoms with Crippen molar-refractivity contribution in [1.82, 2.24) is 29.0 Å². The zero-order valence-electron chi connectivity index (χ0n) is 16.9. The first-order valence-electron chi connectivity index (χ1n) is 9.34. The van der Waals surface area contributed by atoms with Gasteiger partial charge in [-0.3, -0.25) is 23.5 Å². The molecule has 0 atom stereocenters. The third-order valence-corrected chi connectivity index (χ3v) is 5.11. The predicted octanol–water partition coefficient (Wildman–Crippen LogP) is 2.25. The fourth-order valence-electron chi connectivity index (χ4n) is 3.43. The van der Waals surface area contributed by atoms with Crippen molar-refractivity contribution in [3.8, 4) is 0 Å². The fraction of sp³-hybridized carbons (Fsp3) is 0.474. The summed E-state index contributed by atoms with van der Waals surface area (Å²) in [4.78, 5) is 26.6. The van der Waals surface area contributed by atoms with Crippen LogP contribution < -0.4 is 5.56 Å². The van der Waals surface area contributed by atoms with Gasteiger partial charge in [0.05, 0.1) is 12.2 Å². The van der Waals surface area contributed by atoms with Crippen LogP contribution in [-0.2, 0) is 31.5 Å². The Labute approximate surface area is 166 Å². The first kappa shape index (κ1) is 20.7. The van der Waals surface area contributed by atoms with Crippen LogP contribution >= 0.6 is 0 Å². The molecule has 10 heteroatoms. The van der Waals surface area contributed by atoms with Crippen LogP contribution in [0.5, 0.6) is 0 Å². The molecule has 0 aliphatic heterocycles. The van der Waals surface area contributed by atoms with E-state index in [9.17, 15) is 18.4 Å². The molecule has 0 spiro atoms. The lowest BCUT2D eigenvalue weighted by atomic mass is 10.1. The molecule has 3 rings (SSSR count). The van der Waals surface area contributed by atoms with Gasteiger partial charge in [0.2, 0.25) is 5.91 Å². The summed E-state index contributed by atoms with van der Waals surface area (Å²) in [5, 5.41) is 8.69. The van der Waals surface area contributed by atoms with Crippen molar-refractivity contribution in [3.63, 3.8) is 0 Å². The Morgan fingerprint density at radius 3 is 2.66 bits per heavy atom. The lowest BCUT2D eigenvalue weighted by Crippen LogP contribution is -2.30. The van der Waals surface area contributed by atoms with Gasteiger partial charge in [-0.1, -0.05) is 0 Å². The number of nitrogens with zero attached hydrogens (tertiary/aromatic N) is 6. The highest BCUT2D eigenvalue weighted by molar-refractivity contribution is 5.83. The molecule has 0 aliphatic rings. The van der Waals surface area contributed by atoms with E-state index in [-0.39, 0.29) is 35.5 Å². The van der Waals surface area contributed by atoms with Gasteiger partial charge in [-0.25, -0.2) is 8.78 Å². The van der Waals surface area contributed by atoms with Crippen LogP contribution in [-0.4, -0.2) is 42.0 Å². The zero-order chi connectivity index (χ0) is 21.3. The Morgan fingerprint density at radius 1 is 1.34 bits per heavy atom. The number of amides is 1. The molecule has 0 aromatic carbocycles. The maximum absolute atomic E-state index is 13.5. The number of carbonyl (C=O) groups excluding carboxylic acids is 1. The average Bonchev–Trinajstić information content (AvgIpc) is 3.23. The van der Waals surface area contributed by atoms with Gasteiger partial charge < -0.3 is 4.90 Å². The largest absolute Gasteiger partial charge is 0.340 e. The van der Waals surface area contributed by atoms with Gasteiger partial charge >= 0.3 is 0 Å². The number of aromatic nitrogens is 5. The first-order chi connectivity index (χ1) is 13.7. The topological polar surface area (TPSA) is 78.0 Å². The highest BCUT2D eigenvalue weighted by Crippen LogP contribution is 2.28. The lowest BCUT2D eigenvalue weighted by Gasteiger charge is -2.18. The van der Waals surface area contributed by atoms with Crippen molar-refractivity contribution in [2.45, 2.75) is 46.3 Å². The van der Waals surface area contributed by atoms with Crippen molar-refractivity contribution < 1.29 is 13.6 Å². The Balaban J connectivity index is 1.87. The van der Waals surface area contributed by atoms with E-state index in [1.165, 1.54) is 4.57 Å². The van der Waals surface area contributed by atoms with Crippen molar-refractivity contribution in [3.05, 3.63) is 45.6 Å². The number of fused-ring (bicyclic) bond motifs is 1. The van der Waals surface area contributed by atoms with Gasteiger partial charge in [-0.05, 0) is 19.9 Å².